The first-order valence-corrected chi connectivity index (χ1v) is 19.6. The number of carboxylic acids is 1. The van der Waals surface area contributed by atoms with Crippen molar-refractivity contribution in [2.75, 3.05) is 38.8 Å². The maximum atomic E-state index is 15.7. The summed E-state index contributed by atoms with van der Waals surface area (Å²) in [6.07, 6.45) is -0.0810. The molecule has 0 spiro atoms. The van der Waals surface area contributed by atoms with Gasteiger partial charge in [0.15, 0.2) is 23.3 Å². The van der Waals surface area contributed by atoms with Gasteiger partial charge in [-0.05, 0) is 78.1 Å². The van der Waals surface area contributed by atoms with E-state index in [0.717, 1.165) is 34.9 Å². The van der Waals surface area contributed by atoms with Crippen LogP contribution in [-0.4, -0.2) is 49.9 Å². The number of hydrogen-bond acceptors (Lipinski definition) is 9. The van der Waals surface area contributed by atoms with Crippen LogP contribution in [-0.2, 0) is 15.1 Å². The molecule has 0 aliphatic carbocycles. The maximum absolute atomic E-state index is 15.7. The minimum Gasteiger partial charge on any atom is -0.497 e. The molecule has 17 heteroatoms. The van der Waals surface area contributed by atoms with Crippen LogP contribution in [0.25, 0.3) is 11.1 Å². The molecule has 0 unspecified atom stereocenters. The van der Waals surface area contributed by atoms with E-state index < -0.39 is 56.7 Å². The van der Waals surface area contributed by atoms with Crippen molar-refractivity contribution < 1.29 is 51.0 Å². The van der Waals surface area contributed by atoms with Crippen molar-refractivity contribution in [3.8, 4) is 22.6 Å². The number of methoxy groups -OCH3 is 2. The summed E-state index contributed by atoms with van der Waals surface area (Å²) in [6.45, 7) is 0.0364. The van der Waals surface area contributed by atoms with Gasteiger partial charge in [-0.15, -0.1) is 5.11 Å². The Morgan fingerprint density at radius 2 is 1.29 bits per heavy atom. The average Bonchev–Trinajstić information content (AvgIpc) is 3.30. The lowest BCUT2D eigenvalue weighted by atomic mass is 9.80. The van der Waals surface area contributed by atoms with Crippen LogP contribution in [0.5, 0.6) is 11.5 Å². The van der Waals surface area contributed by atoms with Crippen LogP contribution in [0.1, 0.15) is 36.0 Å². The fourth-order valence-corrected chi connectivity index (χ4v) is 7.25. The minimum absolute atomic E-state index is 0.0180. The molecule has 0 amide bonds. The van der Waals surface area contributed by atoms with E-state index in [-0.39, 0.29) is 66.7 Å². The smallest absolute Gasteiger partial charge is 0.303 e. The van der Waals surface area contributed by atoms with E-state index in [1.807, 2.05) is 54.6 Å². The van der Waals surface area contributed by atoms with Gasteiger partial charge < -0.3 is 24.2 Å². The number of aliphatic carboxylic acids is 1. The van der Waals surface area contributed by atoms with Gasteiger partial charge in [0, 0.05) is 42.9 Å². The lowest BCUT2D eigenvalue weighted by molar-refractivity contribution is -0.384. The summed E-state index contributed by atoms with van der Waals surface area (Å²) in [5, 5.41) is 28.6. The van der Waals surface area contributed by atoms with Gasteiger partial charge in [-0.1, -0.05) is 66.2 Å². The van der Waals surface area contributed by atoms with E-state index >= 15 is 8.78 Å². The molecule has 0 aromatic heterocycles. The molecule has 6 aromatic carbocycles. The van der Waals surface area contributed by atoms with Gasteiger partial charge in [-0.3, -0.25) is 14.9 Å². The summed E-state index contributed by atoms with van der Waals surface area (Å²) in [7, 11) is 3.10. The Balaban J connectivity index is 1.41. The molecule has 0 aliphatic rings. The summed E-state index contributed by atoms with van der Waals surface area (Å²) < 4.78 is 93.1. The normalized spacial score (nSPS) is 11.5. The third-order valence-corrected chi connectivity index (χ3v) is 10.4. The van der Waals surface area contributed by atoms with Crippen LogP contribution in [0, 0.1) is 39.2 Å². The molecule has 0 fully saturated rings. The van der Waals surface area contributed by atoms with Gasteiger partial charge in [0.25, 0.3) is 5.69 Å². The number of hydrogen-bond donors (Lipinski definition) is 1. The van der Waals surface area contributed by atoms with Gasteiger partial charge in [0.1, 0.15) is 22.8 Å². The highest BCUT2D eigenvalue weighted by Gasteiger charge is 2.38. The zero-order chi connectivity index (χ0) is 45.3. The van der Waals surface area contributed by atoms with Gasteiger partial charge in [0.2, 0.25) is 5.82 Å². The van der Waals surface area contributed by atoms with Gasteiger partial charge in [0.05, 0.1) is 42.0 Å². The van der Waals surface area contributed by atoms with Crippen molar-refractivity contribution in [3.63, 3.8) is 0 Å². The van der Waals surface area contributed by atoms with E-state index in [1.54, 1.807) is 43.4 Å². The monoisotopic (exact) mass is 888 g/mol. The molecule has 0 saturated carbocycles. The van der Waals surface area contributed by atoms with E-state index in [9.17, 15) is 33.2 Å². The maximum Gasteiger partial charge on any atom is 0.303 e. The molecule has 0 radical (unpaired) electrons. The fraction of sp³-hybridized carbons (Fsp3) is 0.196. The number of azo groups is 1. The largest absolute Gasteiger partial charge is 0.497 e. The van der Waals surface area contributed by atoms with Gasteiger partial charge in [-0.2, -0.15) is 5.11 Å². The highest BCUT2D eigenvalue weighted by atomic mass is 35.5. The molecule has 6 rings (SSSR count). The molecule has 0 heterocycles. The summed E-state index contributed by atoms with van der Waals surface area (Å²) in [4.78, 5) is 23.7. The second-order valence-electron chi connectivity index (χ2n) is 13.9. The average molecular weight is 889 g/mol. The number of ether oxygens (including phenoxy) is 3. The zero-order valence-corrected chi connectivity index (χ0v) is 34.4. The van der Waals surface area contributed by atoms with E-state index in [0.29, 0.717) is 11.5 Å². The molecule has 6 aromatic rings. The first-order valence-electron chi connectivity index (χ1n) is 19.3. The lowest BCUT2D eigenvalue weighted by Crippen LogP contribution is -2.34. The van der Waals surface area contributed by atoms with Crippen molar-refractivity contribution in [1.82, 2.24) is 0 Å². The number of non-ortho nitro benzene ring substituents is 1. The van der Waals surface area contributed by atoms with Crippen LogP contribution in [0.15, 0.2) is 125 Å². The van der Waals surface area contributed by atoms with Crippen molar-refractivity contribution in [2.45, 2.75) is 24.9 Å². The first kappa shape index (κ1) is 45.6. The molecular formula is C46H38ClF5N4O7. The van der Waals surface area contributed by atoms with E-state index in [2.05, 4.69) is 10.2 Å². The zero-order valence-electron chi connectivity index (χ0n) is 33.7. The van der Waals surface area contributed by atoms with Crippen molar-refractivity contribution in [1.29, 1.82) is 0 Å². The summed E-state index contributed by atoms with van der Waals surface area (Å²) in [5.41, 5.74) is -1.16. The lowest BCUT2D eigenvalue weighted by Gasteiger charge is -2.36. The molecule has 0 atom stereocenters. The van der Waals surface area contributed by atoms with Crippen molar-refractivity contribution >= 4 is 40.3 Å². The van der Waals surface area contributed by atoms with Crippen LogP contribution >= 0.6 is 11.6 Å². The third kappa shape index (κ3) is 10.1. The molecule has 326 valence electrons. The predicted octanol–water partition coefficient (Wildman–Crippen LogP) is 12.1. The molecule has 0 saturated heterocycles. The van der Waals surface area contributed by atoms with Crippen LogP contribution in [0.2, 0.25) is 5.02 Å². The molecule has 63 heavy (non-hydrogen) atoms. The Hall–Kier alpha value is -6.91. The second-order valence-corrected chi connectivity index (χ2v) is 14.3. The highest BCUT2D eigenvalue weighted by molar-refractivity contribution is 6.33. The number of nitro groups is 1. The Labute approximate surface area is 363 Å². The number of nitro benzene ring substituents is 1. The van der Waals surface area contributed by atoms with Crippen molar-refractivity contribution in [2.24, 2.45) is 10.2 Å². The number of carbonyl (C=O) groups is 1. The fourth-order valence-electron chi connectivity index (χ4n) is 7.03. The summed E-state index contributed by atoms with van der Waals surface area (Å²) >= 11 is 6.17. The van der Waals surface area contributed by atoms with Gasteiger partial charge >= 0.3 is 5.97 Å². The quantitative estimate of drug-likeness (QED) is 0.0124. The molecule has 11 nitrogen and oxygen atoms in total. The Morgan fingerprint density at radius 1 is 0.730 bits per heavy atom. The first-order chi connectivity index (χ1) is 30.3. The second kappa shape index (κ2) is 20.3. The van der Waals surface area contributed by atoms with Crippen molar-refractivity contribution in [3.05, 3.63) is 176 Å². The predicted molar refractivity (Wildman–Crippen MR) is 226 cm³/mol. The number of carboxylic acid groups (broad SMARTS) is 1. The summed E-state index contributed by atoms with van der Waals surface area (Å²) in [5.74, 6) is -10.8. The molecule has 0 aliphatic heterocycles. The number of benzene rings is 6. The number of anilines is 1. The summed E-state index contributed by atoms with van der Waals surface area (Å²) in [6, 6.07) is 31.3. The van der Waals surface area contributed by atoms with Crippen LogP contribution in [0.4, 0.5) is 44.7 Å². The molecule has 0 bridgehead atoms. The Bertz CT molecular complexity index is 2540. The third-order valence-electron chi connectivity index (χ3n) is 10.1. The molecular weight excluding hydrogens is 851 g/mol. The Kier molecular flexibility index (Phi) is 14.7. The van der Waals surface area contributed by atoms with Crippen LogP contribution < -0.4 is 14.4 Å². The van der Waals surface area contributed by atoms with Gasteiger partial charge in [-0.25, -0.2) is 22.0 Å². The van der Waals surface area contributed by atoms with Crippen LogP contribution in [0.3, 0.4) is 0 Å². The molecule has 1 N–H and O–H groups in total. The highest BCUT2D eigenvalue weighted by Crippen LogP contribution is 2.43. The number of nitrogens with zero attached hydrogens (tertiary/aromatic N) is 4. The van der Waals surface area contributed by atoms with E-state index in [1.165, 1.54) is 18.2 Å². The standard InChI is InChI=1S/C46H38ClF5N4O7/c1-61-33-17-11-29(12-18-33)46(28-8-4-3-5-9-28,30-13-19-34(62-2)20-14-30)63-25-7-24-55(23-6-10-39(57)58)38-22-15-31(53-54-37-21-16-32(56(59)60)27-36(37)47)26-35(38)40-41(48)43(50)45(52)44(51)42(40)49/h3-5,8-9,11-22,26-27H,6-7,10,23-25H2,1-2H3,(H,57,58). The SMILES string of the molecule is COc1ccc(C(OCCCN(CCCC(=O)O)c2ccc(N=Nc3ccc([N+](=O)[O-])cc3Cl)cc2-c2c(F)c(F)c(F)c(F)c2F)(c2ccccc2)c2ccc(OC)cc2)cc1. The van der Waals surface area contributed by atoms with E-state index in [4.69, 9.17) is 25.8 Å². The topological polar surface area (TPSA) is 136 Å². The number of halogens is 6. The Morgan fingerprint density at radius 3 is 1.83 bits per heavy atom. The number of rotatable bonds is 19. The minimum atomic E-state index is -2.36.